The van der Waals surface area contributed by atoms with E-state index in [1.807, 2.05) is 6.07 Å². The molecule has 0 nitrogen and oxygen atoms in total. The van der Waals surface area contributed by atoms with Gasteiger partial charge in [0.1, 0.15) is 0 Å². The zero-order valence-electron chi connectivity index (χ0n) is 16.4. The molecule has 0 aromatic heterocycles. The predicted molar refractivity (Wildman–Crippen MR) is 123 cm³/mol. The Morgan fingerprint density at radius 2 is 1.31 bits per heavy atom. The van der Waals surface area contributed by atoms with Crippen LogP contribution in [0.15, 0.2) is 60.7 Å². The Labute approximate surface area is 182 Å². The molecule has 0 spiro atoms. The molecule has 0 amide bonds. The summed E-state index contributed by atoms with van der Waals surface area (Å²) < 4.78 is 0. The molecule has 2 atom stereocenters. The van der Waals surface area contributed by atoms with Crippen LogP contribution in [0.5, 0.6) is 0 Å². The van der Waals surface area contributed by atoms with Gasteiger partial charge < -0.3 is 0 Å². The van der Waals surface area contributed by atoms with Gasteiger partial charge >= 0.3 is 0 Å². The Kier molecular flexibility index (Phi) is 4.29. The highest BCUT2D eigenvalue weighted by atomic mass is 35.5. The van der Waals surface area contributed by atoms with Gasteiger partial charge in [0, 0.05) is 10.6 Å². The fraction of sp³-hybridized carbons (Fsp3) is 0.333. The molecule has 29 heavy (non-hydrogen) atoms. The van der Waals surface area contributed by atoms with Crippen molar-refractivity contribution in [2.24, 2.45) is 11.8 Å². The molecule has 7 rings (SSSR count). The van der Waals surface area contributed by atoms with E-state index >= 15 is 0 Å². The maximum absolute atomic E-state index is 6.86. The first-order valence-corrected chi connectivity index (χ1v) is 11.6. The second kappa shape index (κ2) is 6.89. The average Bonchev–Trinajstić information content (AvgIpc) is 2.78. The third kappa shape index (κ3) is 3.04. The van der Waals surface area contributed by atoms with Crippen molar-refractivity contribution >= 4 is 23.2 Å². The molecule has 0 aliphatic heterocycles. The van der Waals surface area contributed by atoms with Crippen LogP contribution in [0.25, 0.3) is 22.3 Å². The lowest BCUT2D eigenvalue weighted by atomic mass is 9.63. The molecule has 4 bridgehead atoms. The van der Waals surface area contributed by atoms with Gasteiger partial charge in [-0.1, -0.05) is 71.7 Å². The first kappa shape index (κ1) is 18.0. The highest BCUT2D eigenvalue weighted by Gasteiger charge is 2.40. The minimum absolute atomic E-state index is 0.589. The third-order valence-corrected chi connectivity index (χ3v) is 8.05. The molecule has 3 aromatic rings. The Bertz CT molecular complexity index is 1070. The maximum Gasteiger partial charge on any atom is 0.0502 e. The Hall–Kier alpha value is -1.76. The predicted octanol–water partition coefficient (Wildman–Crippen LogP) is 8.72. The van der Waals surface area contributed by atoms with Gasteiger partial charge in [0.2, 0.25) is 0 Å². The second-order valence-corrected chi connectivity index (χ2v) is 10.2. The molecular formula is C27H24Cl2. The average molecular weight is 419 g/mol. The quantitative estimate of drug-likeness (QED) is 0.370. The molecule has 4 aliphatic carbocycles. The first-order valence-electron chi connectivity index (χ1n) is 10.8. The lowest BCUT2D eigenvalue weighted by molar-refractivity contribution is 0.153. The van der Waals surface area contributed by atoms with Crippen molar-refractivity contribution in [1.29, 1.82) is 0 Å². The molecule has 2 saturated carbocycles. The molecule has 0 N–H and O–H groups in total. The van der Waals surface area contributed by atoms with E-state index < -0.39 is 0 Å². The van der Waals surface area contributed by atoms with Gasteiger partial charge in [-0.25, -0.2) is 0 Å². The van der Waals surface area contributed by atoms with Gasteiger partial charge in [0.15, 0.2) is 0 Å². The zero-order valence-corrected chi connectivity index (χ0v) is 17.9. The minimum Gasteiger partial charge on any atom is -0.0843 e. The molecular weight excluding hydrogens is 395 g/mol. The number of benzene rings is 3. The van der Waals surface area contributed by atoms with Crippen molar-refractivity contribution in [3.8, 4) is 22.3 Å². The highest BCUT2D eigenvalue weighted by Crippen LogP contribution is 2.56. The third-order valence-electron chi connectivity index (χ3n) is 7.53. The monoisotopic (exact) mass is 418 g/mol. The zero-order chi connectivity index (χ0) is 19.5. The van der Waals surface area contributed by atoms with Crippen molar-refractivity contribution in [2.45, 2.75) is 43.9 Å². The van der Waals surface area contributed by atoms with Crippen molar-refractivity contribution in [2.75, 3.05) is 0 Å². The van der Waals surface area contributed by atoms with E-state index in [-0.39, 0.29) is 0 Å². The van der Waals surface area contributed by atoms with Crippen LogP contribution in [0.1, 0.15) is 55.1 Å². The SMILES string of the molecule is Clc1cc(Cl)c2c(c1)C1CC3CC(CC(C3)c3cc(-c4ccccc4)ccc3-2)C1. The van der Waals surface area contributed by atoms with E-state index in [0.29, 0.717) is 11.8 Å². The van der Waals surface area contributed by atoms with E-state index in [1.54, 1.807) is 0 Å². The number of rotatable bonds is 1. The summed E-state index contributed by atoms with van der Waals surface area (Å²) in [4.78, 5) is 0. The molecule has 2 unspecified atom stereocenters. The summed E-state index contributed by atoms with van der Waals surface area (Å²) in [6.45, 7) is 0. The number of hydrogen-bond acceptors (Lipinski definition) is 0. The lowest BCUT2D eigenvalue weighted by Crippen LogP contribution is -2.29. The fourth-order valence-electron chi connectivity index (χ4n) is 6.50. The Morgan fingerprint density at radius 3 is 2.03 bits per heavy atom. The molecule has 0 heterocycles. The molecule has 0 radical (unpaired) electrons. The van der Waals surface area contributed by atoms with E-state index in [9.17, 15) is 0 Å². The van der Waals surface area contributed by atoms with Crippen LogP contribution in [-0.2, 0) is 0 Å². The van der Waals surface area contributed by atoms with E-state index in [0.717, 1.165) is 21.9 Å². The molecule has 0 saturated heterocycles. The lowest BCUT2D eigenvalue weighted by Gasteiger charge is -2.42. The van der Waals surface area contributed by atoms with Gasteiger partial charge in [-0.05, 0) is 95.7 Å². The van der Waals surface area contributed by atoms with E-state index in [2.05, 4.69) is 54.6 Å². The van der Waals surface area contributed by atoms with Crippen molar-refractivity contribution in [1.82, 2.24) is 0 Å². The summed E-state index contributed by atoms with van der Waals surface area (Å²) in [5.74, 6) is 2.88. The highest BCUT2D eigenvalue weighted by molar-refractivity contribution is 6.36. The summed E-state index contributed by atoms with van der Waals surface area (Å²) in [7, 11) is 0. The normalized spacial score (nSPS) is 27.0. The van der Waals surface area contributed by atoms with Gasteiger partial charge in [0.25, 0.3) is 0 Å². The molecule has 4 aliphatic rings. The van der Waals surface area contributed by atoms with Crippen LogP contribution in [0, 0.1) is 11.8 Å². The number of hydrogen-bond donors (Lipinski definition) is 0. The summed E-state index contributed by atoms with van der Waals surface area (Å²) in [5, 5.41) is 1.58. The minimum atomic E-state index is 0.589. The molecule has 3 aromatic carbocycles. The Balaban J connectivity index is 1.62. The van der Waals surface area contributed by atoms with Gasteiger partial charge in [0.05, 0.1) is 5.02 Å². The van der Waals surface area contributed by atoms with Crippen LogP contribution >= 0.6 is 23.2 Å². The van der Waals surface area contributed by atoms with Crippen LogP contribution in [0.4, 0.5) is 0 Å². The van der Waals surface area contributed by atoms with Crippen LogP contribution in [0.3, 0.4) is 0 Å². The molecule has 2 fully saturated rings. The van der Waals surface area contributed by atoms with Gasteiger partial charge in [-0.2, -0.15) is 0 Å². The van der Waals surface area contributed by atoms with Crippen molar-refractivity contribution in [3.63, 3.8) is 0 Å². The second-order valence-electron chi connectivity index (χ2n) is 9.32. The smallest absolute Gasteiger partial charge is 0.0502 e. The summed E-state index contributed by atoms with van der Waals surface area (Å²) in [6.07, 6.45) is 6.62. The fourth-order valence-corrected chi connectivity index (χ4v) is 7.11. The van der Waals surface area contributed by atoms with Crippen molar-refractivity contribution < 1.29 is 0 Å². The van der Waals surface area contributed by atoms with E-state index in [1.165, 1.54) is 65.5 Å². The maximum atomic E-state index is 6.86. The summed E-state index contributed by atoms with van der Waals surface area (Å²) in [5.41, 5.74) is 8.05. The Morgan fingerprint density at radius 1 is 0.621 bits per heavy atom. The van der Waals surface area contributed by atoms with Gasteiger partial charge in [-0.3, -0.25) is 0 Å². The largest absolute Gasteiger partial charge is 0.0843 e. The van der Waals surface area contributed by atoms with Gasteiger partial charge in [-0.15, -0.1) is 0 Å². The summed E-state index contributed by atoms with van der Waals surface area (Å²) >= 11 is 13.4. The standard InChI is InChI=1S/C27H24Cl2/c28-22-14-25-21-11-16-8-17(12-21)10-20(9-16)24-13-19(18-4-2-1-3-5-18)6-7-23(24)27(25)26(29)15-22/h1-7,13-17,20-21H,8-12H2. The van der Waals surface area contributed by atoms with E-state index in [4.69, 9.17) is 23.2 Å². The number of halogens is 2. The topological polar surface area (TPSA) is 0 Å². The first-order chi connectivity index (χ1) is 14.2. The van der Waals surface area contributed by atoms with Crippen LogP contribution < -0.4 is 0 Å². The molecule has 2 heteroatoms. The van der Waals surface area contributed by atoms with Crippen molar-refractivity contribution in [3.05, 3.63) is 81.8 Å². The van der Waals surface area contributed by atoms with Crippen LogP contribution in [0.2, 0.25) is 10.0 Å². The van der Waals surface area contributed by atoms with Crippen LogP contribution in [-0.4, -0.2) is 0 Å². The molecule has 146 valence electrons. The summed E-state index contributed by atoms with van der Waals surface area (Å²) in [6, 6.07) is 21.9.